The molecule has 28 heavy (non-hydrogen) atoms. The van der Waals surface area contributed by atoms with E-state index in [4.69, 9.17) is 15.2 Å². The molecule has 7 heteroatoms. The molecule has 7 nitrogen and oxygen atoms in total. The highest BCUT2D eigenvalue weighted by Gasteiger charge is 2.11. The Hall–Kier alpha value is -3.45. The second kappa shape index (κ2) is 8.96. The summed E-state index contributed by atoms with van der Waals surface area (Å²) in [5.74, 6) is 0.220. The van der Waals surface area contributed by atoms with Crippen molar-refractivity contribution < 1.29 is 14.3 Å². The van der Waals surface area contributed by atoms with E-state index in [1.165, 1.54) is 7.11 Å². The van der Waals surface area contributed by atoms with Crippen LogP contribution in [-0.2, 0) is 16.1 Å². The third-order valence-corrected chi connectivity index (χ3v) is 4.18. The average molecular weight is 378 g/mol. The van der Waals surface area contributed by atoms with E-state index in [0.717, 1.165) is 22.4 Å². The molecule has 0 amide bonds. The monoisotopic (exact) mass is 378 g/mol. The second-order valence-corrected chi connectivity index (χ2v) is 6.06. The Bertz CT molecular complexity index is 961. The third kappa shape index (κ3) is 4.63. The molecule has 0 spiro atoms. The summed E-state index contributed by atoms with van der Waals surface area (Å²) in [6.45, 7) is 1.85. The van der Waals surface area contributed by atoms with Gasteiger partial charge in [0.15, 0.2) is 0 Å². The van der Waals surface area contributed by atoms with Gasteiger partial charge in [0.2, 0.25) is 11.8 Å². The Morgan fingerprint density at radius 2 is 1.89 bits per heavy atom. The lowest BCUT2D eigenvalue weighted by Crippen LogP contribution is -2.17. The number of carbonyl (C=O) groups is 1. The zero-order valence-electron chi connectivity index (χ0n) is 15.8. The van der Waals surface area contributed by atoms with E-state index < -0.39 is 5.97 Å². The Kier molecular flexibility index (Phi) is 6.18. The number of nitrogens with zero attached hydrogens (tertiary/aromatic N) is 2. The van der Waals surface area contributed by atoms with E-state index in [1.807, 2.05) is 37.3 Å². The van der Waals surface area contributed by atoms with Crippen molar-refractivity contribution in [2.24, 2.45) is 5.73 Å². The molecule has 144 valence electrons. The van der Waals surface area contributed by atoms with Gasteiger partial charge in [-0.1, -0.05) is 42.5 Å². The third-order valence-electron chi connectivity index (χ3n) is 4.18. The second-order valence-electron chi connectivity index (χ2n) is 6.06. The van der Waals surface area contributed by atoms with Gasteiger partial charge in [0, 0.05) is 11.8 Å². The van der Waals surface area contributed by atoms with Crippen molar-refractivity contribution in [3.05, 3.63) is 65.9 Å². The molecule has 2 aromatic carbocycles. The Morgan fingerprint density at radius 3 is 2.61 bits per heavy atom. The molecule has 0 fully saturated rings. The van der Waals surface area contributed by atoms with Gasteiger partial charge in [-0.25, -0.2) is 4.98 Å². The molecule has 3 N–H and O–H groups in total. The number of nitrogens with one attached hydrogen (secondary N) is 1. The molecule has 0 saturated carbocycles. The van der Waals surface area contributed by atoms with Crippen LogP contribution in [-0.4, -0.2) is 29.6 Å². The molecule has 0 aliphatic heterocycles. The van der Waals surface area contributed by atoms with Crippen molar-refractivity contribution in [3.63, 3.8) is 0 Å². The summed E-state index contributed by atoms with van der Waals surface area (Å²) in [4.78, 5) is 20.0. The van der Waals surface area contributed by atoms with Crippen molar-refractivity contribution in [1.29, 1.82) is 0 Å². The van der Waals surface area contributed by atoms with Gasteiger partial charge in [-0.3, -0.25) is 4.79 Å². The average Bonchev–Trinajstić information content (AvgIpc) is 2.74. The molecule has 0 aliphatic carbocycles. The van der Waals surface area contributed by atoms with E-state index in [-0.39, 0.29) is 13.2 Å². The molecular formula is C21H22N4O3. The zero-order valence-corrected chi connectivity index (χ0v) is 15.8. The highest BCUT2D eigenvalue weighted by atomic mass is 16.5. The Morgan fingerprint density at radius 1 is 1.11 bits per heavy atom. The van der Waals surface area contributed by atoms with Gasteiger partial charge in [0.1, 0.15) is 6.61 Å². The molecule has 0 aliphatic rings. The summed E-state index contributed by atoms with van der Waals surface area (Å²) >= 11 is 0. The van der Waals surface area contributed by atoms with Crippen LogP contribution in [0.2, 0.25) is 0 Å². The maximum absolute atomic E-state index is 11.3. The van der Waals surface area contributed by atoms with Crippen LogP contribution in [0.25, 0.3) is 11.1 Å². The summed E-state index contributed by atoms with van der Waals surface area (Å²) in [6.07, 6.45) is 0. The Balaban J connectivity index is 1.88. The smallest absolute Gasteiger partial charge is 0.320 e. The molecular weight excluding hydrogens is 356 g/mol. The Labute approximate surface area is 163 Å². The minimum Gasteiger partial charge on any atom is -0.481 e. The number of rotatable bonds is 7. The van der Waals surface area contributed by atoms with Crippen LogP contribution < -0.4 is 15.8 Å². The van der Waals surface area contributed by atoms with Crippen LogP contribution in [0.15, 0.2) is 54.6 Å². The van der Waals surface area contributed by atoms with E-state index in [2.05, 4.69) is 33.5 Å². The van der Waals surface area contributed by atoms with Gasteiger partial charge in [0.05, 0.1) is 19.3 Å². The molecule has 0 radical (unpaired) electrons. The molecule has 0 bridgehead atoms. The summed E-state index contributed by atoms with van der Waals surface area (Å²) in [5.41, 5.74) is 9.95. The largest absolute Gasteiger partial charge is 0.481 e. The summed E-state index contributed by atoms with van der Waals surface area (Å²) in [5, 5.41) is 3.23. The fourth-order valence-electron chi connectivity index (χ4n) is 2.74. The number of esters is 1. The number of aromatic nitrogens is 2. The van der Waals surface area contributed by atoms with Crippen molar-refractivity contribution in [3.8, 4) is 17.0 Å². The highest BCUT2D eigenvalue weighted by Crippen LogP contribution is 2.30. The first-order valence-electron chi connectivity index (χ1n) is 8.80. The van der Waals surface area contributed by atoms with Crippen LogP contribution in [0.4, 0.5) is 11.6 Å². The first kappa shape index (κ1) is 19.3. The van der Waals surface area contributed by atoms with Gasteiger partial charge in [-0.2, -0.15) is 4.98 Å². The number of anilines is 2. The van der Waals surface area contributed by atoms with Gasteiger partial charge in [0.25, 0.3) is 0 Å². The zero-order chi connectivity index (χ0) is 19.9. The number of methoxy groups -OCH3 is 1. The number of ether oxygens (including phenoxy) is 2. The lowest BCUT2D eigenvalue weighted by molar-refractivity contribution is -0.143. The van der Waals surface area contributed by atoms with Crippen LogP contribution in [0.3, 0.4) is 0 Å². The van der Waals surface area contributed by atoms with E-state index in [1.54, 1.807) is 6.07 Å². The number of benzene rings is 2. The number of nitrogens with two attached hydrogens (primary N) is 1. The number of hydrogen-bond acceptors (Lipinski definition) is 7. The quantitative estimate of drug-likeness (QED) is 0.609. The number of carbonyl (C=O) groups excluding carboxylic acids is 1. The first-order valence-corrected chi connectivity index (χ1v) is 8.80. The van der Waals surface area contributed by atoms with Gasteiger partial charge in [-0.05, 0) is 29.7 Å². The normalized spacial score (nSPS) is 10.4. The fourth-order valence-corrected chi connectivity index (χ4v) is 2.74. The van der Waals surface area contributed by atoms with Crippen LogP contribution in [0.1, 0.15) is 11.3 Å². The van der Waals surface area contributed by atoms with E-state index >= 15 is 0 Å². The fraction of sp³-hybridized carbons (Fsp3) is 0.190. The van der Waals surface area contributed by atoms with Crippen molar-refractivity contribution in [1.82, 2.24) is 9.97 Å². The minimum absolute atomic E-state index is 0.00731. The summed E-state index contributed by atoms with van der Waals surface area (Å²) in [7, 11) is 1.52. The lowest BCUT2D eigenvalue weighted by Gasteiger charge is -2.14. The standard InChI is InChI=1S/C21H22N4O3/c1-14-17(15-7-4-3-5-8-15)9-6-10-18(14)24-21-23-16(11-19(25-21)27-2)13-28-20(26)12-22/h3-11H,12-13,22H2,1-2H3,(H,23,24,25). The van der Waals surface area contributed by atoms with Crippen molar-refractivity contribution >= 4 is 17.6 Å². The molecule has 1 aromatic heterocycles. The van der Waals surface area contributed by atoms with Gasteiger partial charge in [-0.15, -0.1) is 0 Å². The topological polar surface area (TPSA) is 99.4 Å². The van der Waals surface area contributed by atoms with E-state index in [9.17, 15) is 4.79 Å². The summed E-state index contributed by atoms with van der Waals surface area (Å²) < 4.78 is 10.3. The van der Waals surface area contributed by atoms with Crippen LogP contribution in [0.5, 0.6) is 5.88 Å². The maximum Gasteiger partial charge on any atom is 0.320 e. The van der Waals surface area contributed by atoms with Gasteiger partial charge >= 0.3 is 5.97 Å². The predicted molar refractivity (Wildman–Crippen MR) is 107 cm³/mol. The van der Waals surface area contributed by atoms with Crippen LogP contribution >= 0.6 is 0 Å². The lowest BCUT2D eigenvalue weighted by atomic mass is 9.99. The van der Waals surface area contributed by atoms with E-state index in [0.29, 0.717) is 17.5 Å². The molecule has 3 aromatic rings. The van der Waals surface area contributed by atoms with Crippen molar-refractivity contribution in [2.45, 2.75) is 13.5 Å². The maximum atomic E-state index is 11.3. The molecule has 1 heterocycles. The molecule has 0 saturated heterocycles. The summed E-state index contributed by atoms with van der Waals surface area (Å²) in [6, 6.07) is 17.8. The van der Waals surface area contributed by atoms with Crippen LogP contribution in [0, 0.1) is 6.92 Å². The minimum atomic E-state index is -0.501. The molecule has 0 unspecified atom stereocenters. The SMILES string of the molecule is COc1cc(COC(=O)CN)nc(Nc2cccc(-c3ccccc3)c2C)n1. The first-order chi connectivity index (χ1) is 13.6. The van der Waals surface area contributed by atoms with Crippen molar-refractivity contribution in [2.75, 3.05) is 19.0 Å². The predicted octanol–water partition coefficient (Wildman–Crippen LogP) is 3.21. The molecule has 0 atom stereocenters. The van der Waals surface area contributed by atoms with Gasteiger partial charge < -0.3 is 20.5 Å². The molecule has 3 rings (SSSR count). The number of hydrogen-bond donors (Lipinski definition) is 2. The highest BCUT2D eigenvalue weighted by molar-refractivity contribution is 5.75.